The van der Waals surface area contributed by atoms with E-state index in [1.54, 1.807) is 6.21 Å². The third kappa shape index (κ3) is 4.31. The molecule has 0 aliphatic heterocycles. The van der Waals surface area contributed by atoms with Crippen molar-refractivity contribution in [2.24, 2.45) is 5.16 Å². The Morgan fingerprint density at radius 2 is 1.85 bits per heavy atom. The van der Waals surface area contributed by atoms with E-state index in [9.17, 15) is 0 Å². The van der Waals surface area contributed by atoms with Gasteiger partial charge in [0.25, 0.3) is 0 Å². The second kappa shape index (κ2) is 7.35. The van der Waals surface area contributed by atoms with Gasteiger partial charge in [-0.3, -0.25) is 0 Å². The van der Waals surface area contributed by atoms with E-state index in [2.05, 4.69) is 9.99 Å². The third-order valence-corrected chi connectivity index (χ3v) is 1.49. The highest BCUT2D eigenvalue weighted by molar-refractivity contribution is 5.80. The van der Waals surface area contributed by atoms with Crippen molar-refractivity contribution in [2.45, 2.75) is 20.8 Å². The lowest BCUT2D eigenvalue weighted by atomic mass is 10.1. The molecular weight excluding hydrogens is 162 g/mol. The molecule has 2 nitrogen and oxygen atoms in total. The second-order valence-corrected chi connectivity index (χ2v) is 2.27. The monoisotopic (exact) mass is 179 g/mol. The molecule has 0 spiro atoms. The minimum Gasteiger partial charge on any atom is -0.399 e. The molecule has 1 rings (SSSR count). The highest BCUT2D eigenvalue weighted by atomic mass is 16.6. The normalized spacial score (nSPS) is 9.23. The van der Waals surface area contributed by atoms with Crippen molar-refractivity contribution in [2.75, 3.05) is 7.11 Å². The van der Waals surface area contributed by atoms with Gasteiger partial charge in [0.15, 0.2) is 0 Å². The first-order valence-corrected chi connectivity index (χ1v) is 4.47. The Balaban J connectivity index is 0.000000671. The van der Waals surface area contributed by atoms with Crippen LogP contribution in [0.25, 0.3) is 0 Å². The average molecular weight is 179 g/mol. The predicted molar refractivity (Wildman–Crippen MR) is 57.1 cm³/mol. The summed E-state index contributed by atoms with van der Waals surface area (Å²) in [6, 6.07) is 8.01. The minimum absolute atomic E-state index is 1.09. The molecule has 0 unspecified atom stereocenters. The summed E-state index contributed by atoms with van der Waals surface area (Å²) >= 11 is 0. The molecule has 0 amide bonds. The highest BCUT2D eigenvalue weighted by Gasteiger charge is 1.90. The zero-order chi connectivity index (χ0) is 10.1. The molecule has 1 aromatic rings. The number of nitrogens with zero attached hydrogens (tertiary/aromatic N) is 1. The van der Waals surface area contributed by atoms with Crippen LogP contribution < -0.4 is 0 Å². The molecule has 72 valence electrons. The van der Waals surface area contributed by atoms with Crippen molar-refractivity contribution in [1.82, 2.24) is 0 Å². The number of rotatable bonds is 2. The van der Waals surface area contributed by atoms with Gasteiger partial charge in [0.1, 0.15) is 7.11 Å². The first-order chi connectivity index (χ1) is 6.34. The van der Waals surface area contributed by atoms with Gasteiger partial charge in [-0.05, 0) is 18.1 Å². The van der Waals surface area contributed by atoms with Gasteiger partial charge in [-0.1, -0.05) is 43.3 Å². The number of aryl methyl sites for hydroxylation is 1. The van der Waals surface area contributed by atoms with Gasteiger partial charge in [0.05, 0.1) is 6.21 Å². The predicted octanol–water partition coefficient (Wildman–Crippen LogP) is 3.00. The Kier molecular flexibility index (Phi) is 6.60. The molecule has 0 heterocycles. The van der Waals surface area contributed by atoms with Gasteiger partial charge in [-0.15, -0.1) is 0 Å². The number of oxime groups is 1. The van der Waals surface area contributed by atoms with E-state index in [0.717, 1.165) is 5.56 Å². The van der Waals surface area contributed by atoms with Gasteiger partial charge in [0, 0.05) is 0 Å². The van der Waals surface area contributed by atoms with E-state index in [4.69, 9.17) is 0 Å². The summed E-state index contributed by atoms with van der Waals surface area (Å²) < 4.78 is 0. The molecular formula is C11H17NO. The Morgan fingerprint density at radius 3 is 2.38 bits per heavy atom. The van der Waals surface area contributed by atoms with Gasteiger partial charge in [-0.25, -0.2) is 0 Å². The van der Waals surface area contributed by atoms with E-state index in [0.29, 0.717) is 0 Å². The molecule has 0 bridgehead atoms. The maximum Gasteiger partial charge on any atom is 0.106 e. The van der Waals surface area contributed by atoms with Crippen molar-refractivity contribution in [3.63, 3.8) is 0 Å². The Bertz CT molecular complexity index is 256. The average Bonchev–Trinajstić information content (AvgIpc) is 2.20. The summed E-state index contributed by atoms with van der Waals surface area (Å²) in [7, 11) is 1.54. The topological polar surface area (TPSA) is 21.6 Å². The van der Waals surface area contributed by atoms with E-state index in [-0.39, 0.29) is 0 Å². The van der Waals surface area contributed by atoms with Crippen molar-refractivity contribution in [1.29, 1.82) is 0 Å². The molecule has 2 heteroatoms. The van der Waals surface area contributed by atoms with Crippen molar-refractivity contribution in [3.05, 3.63) is 35.4 Å². The summed E-state index contributed by atoms with van der Waals surface area (Å²) in [5.74, 6) is 0. The summed E-state index contributed by atoms with van der Waals surface area (Å²) in [5, 5.41) is 3.68. The van der Waals surface area contributed by atoms with Crippen LogP contribution in [0.5, 0.6) is 0 Å². The van der Waals surface area contributed by atoms with Crippen molar-refractivity contribution < 1.29 is 4.84 Å². The first-order valence-electron chi connectivity index (χ1n) is 4.47. The summed E-state index contributed by atoms with van der Waals surface area (Å²) in [5.41, 5.74) is 2.29. The smallest absolute Gasteiger partial charge is 0.106 e. The van der Waals surface area contributed by atoms with E-state index in [1.807, 2.05) is 45.0 Å². The van der Waals surface area contributed by atoms with Crippen LogP contribution in [0.15, 0.2) is 29.4 Å². The van der Waals surface area contributed by atoms with Crippen LogP contribution in [0.4, 0.5) is 0 Å². The summed E-state index contributed by atoms with van der Waals surface area (Å²) in [4.78, 5) is 4.57. The van der Waals surface area contributed by atoms with Crippen LogP contribution in [0.2, 0.25) is 0 Å². The molecule has 1 aromatic carbocycles. The van der Waals surface area contributed by atoms with Gasteiger partial charge >= 0.3 is 0 Å². The number of hydrogen-bond acceptors (Lipinski definition) is 2. The molecule has 0 aliphatic carbocycles. The van der Waals surface area contributed by atoms with Gasteiger partial charge in [0.2, 0.25) is 0 Å². The molecule has 0 atom stereocenters. The van der Waals surface area contributed by atoms with Crippen LogP contribution in [-0.2, 0) is 4.84 Å². The van der Waals surface area contributed by atoms with E-state index in [1.165, 1.54) is 12.7 Å². The molecule has 13 heavy (non-hydrogen) atoms. The van der Waals surface area contributed by atoms with Gasteiger partial charge in [-0.2, -0.15) is 0 Å². The molecule has 0 N–H and O–H groups in total. The fourth-order valence-corrected chi connectivity index (χ4v) is 0.841. The van der Waals surface area contributed by atoms with Crippen LogP contribution in [-0.4, -0.2) is 13.3 Å². The number of benzene rings is 1. The van der Waals surface area contributed by atoms with Crippen LogP contribution >= 0.6 is 0 Å². The SMILES string of the molecule is CC.CO/N=C/c1ccccc1C. The largest absolute Gasteiger partial charge is 0.399 e. The van der Waals surface area contributed by atoms with Crippen LogP contribution in [0.1, 0.15) is 25.0 Å². The summed E-state index contributed by atoms with van der Waals surface area (Å²) in [6.45, 7) is 6.04. The zero-order valence-corrected chi connectivity index (χ0v) is 8.74. The van der Waals surface area contributed by atoms with Crippen LogP contribution in [0, 0.1) is 6.92 Å². The van der Waals surface area contributed by atoms with Crippen LogP contribution in [0.3, 0.4) is 0 Å². The molecule has 0 saturated heterocycles. The van der Waals surface area contributed by atoms with Gasteiger partial charge < -0.3 is 4.84 Å². The quantitative estimate of drug-likeness (QED) is 0.505. The zero-order valence-electron chi connectivity index (χ0n) is 8.74. The van der Waals surface area contributed by atoms with Crippen molar-refractivity contribution >= 4 is 6.21 Å². The maximum absolute atomic E-state index is 4.57. The first kappa shape index (κ1) is 11.7. The van der Waals surface area contributed by atoms with Crippen molar-refractivity contribution in [3.8, 4) is 0 Å². The molecule has 0 saturated carbocycles. The second-order valence-electron chi connectivity index (χ2n) is 2.27. The van der Waals surface area contributed by atoms with E-state index >= 15 is 0 Å². The highest BCUT2D eigenvalue weighted by Crippen LogP contribution is 2.03. The lowest BCUT2D eigenvalue weighted by Crippen LogP contribution is -1.85. The maximum atomic E-state index is 4.57. The minimum atomic E-state index is 1.09. The molecule has 0 radical (unpaired) electrons. The lowest BCUT2D eigenvalue weighted by Gasteiger charge is -1.95. The molecule has 0 fully saturated rings. The lowest BCUT2D eigenvalue weighted by molar-refractivity contribution is 0.215. The number of hydrogen-bond donors (Lipinski definition) is 0. The molecule has 0 aliphatic rings. The van der Waals surface area contributed by atoms with E-state index < -0.39 is 0 Å². The Labute approximate surface area is 80.2 Å². The third-order valence-electron chi connectivity index (χ3n) is 1.49. The summed E-state index contributed by atoms with van der Waals surface area (Å²) in [6.07, 6.45) is 1.70. The fourth-order valence-electron chi connectivity index (χ4n) is 0.841. The Morgan fingerprint density at radius 1 is 1.23 bits per heavy atom. The Hall–Kier alpha value is -1.31. The fraction of sp³-hybridized carbons (Fsp3) is 0.364. The standard InChI is InChI=1S/C9H11NO.C2H6/c1-8-5-3-4-6-9(8)7-10-11-2;1-2/h3-7H,1-2H3;1-2H3/b10-7+;. The molecule has 0 aromatic heterocycles.